The molecule has 0 radical (unpaired) electrons. The molecule has 0 aromatic heterocycles. The van der Waals surface area contributed by atoms with Gasteiger partial charge >= 0.3 is 5.51 Å². The van der Waals surface area contributed by atoms with E-state index in [1.807, 2.05) is 0 Å². The van der Waals surface area contributed by atoms with Crippen LogP contribution in [0.3, 0.4) is 0 Å². The van der Waals surface area contributed by atoms with Crippen molar-refractivity contribution in [3.63, 3.8) is 0 Å². The minimum atomic E-state index is -4.17. The van der Waals surface area contributed by atoms with Gasteiger partial charge in [0.1, 0.15) is 0 Å². The van der Waals surface area contributed by atoms with Gasteiger partial charge < -0.3 is 4.74 Å². The van der Waals surface area contributed by atoms with Gasteiger partial charge in [-0.1, -0.05) is 23.4 Å². The van der Waals surface area contributed by atoms with Crippen LogP contribution in [0.5, 0.6) is 5.75 Å². The quantitative estimate of drug-likeness (QED) is 0.392. The minimum absolute atomic E-state index is 0.0274. The summed E-state index contributed by atoms with van der Waals surface area (Å²) >= 11 is 9.69. The molecule has 0 aliphatic carbocycles. The average Bonchev–Trinajstić information content (AvgIpc) is 2.32. The Kier molecular flexibility index (Phi) is 7.33. The molecular formula is C12H13ClF4OS2. The topological polar surface area (TPSA) is 9.23 Å². The Bertz CT molecular complexity index is 440. The first-order valence-corrected chi connectivity index (χ1v) is 7.62. The maximum atomic E-state index is 13.4. The van der Waals surface area contributed by atoms with Crippen LogP contribution in [-0.4, -0.2) is 17.9 Å². The van der Waals surface area contributed by atoms with Crippen molar-refractivity contribution in [1.82, 2.24) is 0 Å². The zero-order valence-electron chi connectivity index (χ0n) is 10.3. The Morgan fingerprint density at radius 2 is 1.90 bits per heavy atom. The van der Waals surface area contributed by atoms with Crippen molar-refractivity contribution in [3.05, 3.63) is 23.0 Å². The lowest BCUT2D eigenvalue weighted by atomic mass is 10.2. The minimum Gasteiger partial charge on any atom is -0.490 e. The molecule has 1 nitrogen and oxygen atoms in total. The number of thiol groups is 1. The van der Waals surface area contributed by atoms with E-state index < -0.39 is 11.3 Å². The van der Waals surface area contributed by atoms with Crippen LogP contribution in [0.1, 0.15) is 19.3 Å². The molecule has 0 atom stereocenters. The fraction of sp³-hybridized carbons (Fsp3) is 0.500. The highest BCUT2D eigenvalue weighted by Gasteiger charge is 2.27. The summed E-state index contributed by atoms with van der Waals surface area (Å²) in [6.07, 6.45) is 1.59. The first-order valence-electron chi connectivity index (χ1n) is 5.81. The Balaban J connectivity index is 2.20. The van der Waals surface area contributed by atoms with Crippen LogP contribution in [0, 0.1) is 5.82 Å². The monoisotopic (exact) mass is 348 g/mol. The normalized spacial score (nSPS) is 11.7. The second-order valence-corrected chi connectivity index (χ2v) is 5.99. The number of ether oxygens (including phenoxy) is 1. The first-order chi connectivity index (χ1) is 9.29. The van der Waals surface area contributed by atoms with Crippen LogP contribution < -0.4 is 4.74 Å². The van der Waals surface area contributed by atoms with Crippen molar-refractivity contribution in [2.24, 2.45) is 0 Å². The van der Waals surface area contributed by atoms with E-state index in [1.165, 1.54) is 6.07 Å². The van der Waals surface area contributed by atoms with E-state index in [0.29, 0.717) is 24.2 Å². The summed E-state index contributed by atoms with van der Waals surface area (Å²) in [5.41, 5.74) is -4.17. The molecule has 0 N–H and O–H groups in total. The second-order valence-electron chi connectivity index (χ2n) is 3.94. The van der Waals surface area contributed by atoms with Crippen LogP contribution in [0.25, 0.3) is 0 Å². The third kappa shape index (κ3) is 6.95. The molecule has 1 aromatic rings. The summed E-state index contributed by atoms with van der Waals surface area (Å²) in [5.74, 6) is -0.510. The molecule has 0 aliphatic rings. The summed E-state index contributed by atoms with van der Waals surface area (Å²) in [7, 11) is 0. The van der Waals surface area contributed by atoms with Crippen molar-refractivity contribution in [2.45, 2.75) is 29.7 Å². The highest BCUT2D eigenvalue weighted by molar-refractivity contribution is 8.00. The summed E-state index contributed by atoms with van der Waals surface area (Å²) in [5, 5.41) is 0.197. The Morgan fingerprint density at radius 3 is 2.55 bits per heavy atom. The third-order valence-corrected chi connectivity index (χ3v) is 3.95. The van der Waals surface area contributed by atoms with Gasteiger partial charge in [0.2, 0.25) is 0 Å². The predicted molar refractivity (Wildman–Crippen MR) is 76.5 cm³/mol. The molecule has 1 rings (SSSR count). The van der Waals surface area contributed by atoms with Gasteiger partial charge in [-0.05, 0) is 31.4 Å². The number of rotatable bonds is 7. The van der Waals surface area contributed by atoms with E-state index in [4.69, 9.17) is 16.3 Å². The zero-order valence-corrected chi connectivity index (χ0v) is 12.8. The average molecular weight is 349 g/mol. The summed E-state index contributed by atoms with van der Waals surface area (Å²) in [6, 6.07) is 2.49. The molecule has 8 heteroatoms. The fourth-order valence-electron chi connectivity index (χ4n) is 1.38. The van der Waals surface area contributed by atoms with Gasteiger partial charge in [-0.3, -0.25) is 0 Å². The van der Waals surface area contributed by atoms with Gasteiger partial charge in [0.15, 0.2) is 11.6 Å². The van der Waals surface area contributed by atoms with E-state index in [2.05, 4.69) is 12.6 Å². The lowest BCUT2D eigenvalue weighted by Crippen LogP contribution is -2.02. The SMILES string of the molecule is Fc1cc(Cl)c(S)cc1OCCCCCSC(F)(F)F. The maximum Gasteiger partial charge on any atom is 0.441 e. The van der Waals surface area contributed by atoms with Crippen LogP contribution in [0.2, 0.25) is 5.02 Å². The maximum absolute atomic E-state index is 13.4. The molecule has 0 amide bonds. The van der Waals surface area contributed by atoms with E-state index in [9.17, 15) is 17.6 Å². The Hall–Kier alpha value is -0.270. The highest BCUT2D eigenvalue weighted by Crippen LogP contribution is 2.31. The summed E-state index contributed by atoms with van der Waals surface area (Å²) in [4.78, 5) is 0.407. The van der Waals surface area contributed by atoms with Crippen LogP contribution in [-0.2, 0) is 0 Å². The number of hydrogen-bond acceptors (Lipinski definition) is 3. The fourth-order valence-corrected chi connectivity index (χ4v) is 2.29. The molecule has 0 aliphatic heterocycles. The molecule has 114 valence electrons. The van der Waals surface area contributed by atoms with Crippen molar-refractivity contribution in [3.8, 4) is 5.75 Å². The smallest absolute Gasteiger partial charge is 0.441 e. The third-order valence-electron chi connectivity index (χ3n) is 2.31. The van der Waals surface area contributed by atoms with Gasteiger partial charge in [-0.2, -0.15) is 13.2 Å². The summed E-state index contributed by atoms with van der Waals surface area (Å²) in [6.45, 7) is 0.239. The molecule has 0 fully saturated rings. The standard InChI is InChI=1S/C12H13ClF4OS2/c13-8-6-9(14)10(7-11(8)19)18-4-2-1-3-5-20-12(15,16)17/h6-7,19H,1-5H2. The zero-order chi connectivity index (χ0) is 15.2. The van der Waals surface area contributed by atoms with Gasteiger partial charge in [0, 0.05) is 10.6 Å². The molecule has 0 saturated carbocycles. The Morgan fingerprint density at radius 1 is 1.20 bits per heavy atom. The Labute approximate surface area is 129 Å². The molecular weight excluding hydrogens is 336 g/mol. The van der Waals surface area contributed by atoms with E-state index in [1.54, 1.807) is 0 Å². The van der Waals surface area contributed by atoms with E-state index in [0.717, 1.165) is 6.07 Å². The molecule has 0 heterocycles. The van der Waals surface area contributed by atoms with Crippen LogP contribution >= 0.6 is 36.0 Å². The number of hydrogen-bond donors (Lipinski definition) is 1. The largest absolute Gasteiger partial charge is 0.490 e. The van der Waals surface area contributed by atoms with Crippen LogP contribution in [0.15, 0.2) is 17.0 Å². The first kappa shape index (κ1) is 17.8. The number of benzene rings is 1. The van der Waals surface area contributed by atoms with Crippen molar-refractivity contribution < 1.29 is 22.3 Å². The van der Waals surface area contributed by atoms with Crippen molar-refractivity contribution in [2.75, 3.05) is 12.4 Å². The lowest BCUT2D eigenvalue weighted by Gasteiger charge is -2.09. The molecule has 0 unspecified atom stereocenters. The van der Waals surface area contributed by atoms with Crippen molar-refractivity contribution in [1.29, 1.82) is 0 Å². The highest BCUT2D eigenvalue weighted by atomic mass is 35.5. The number of unbranched alkanes of at least 4 members (excludes halogenated alkanes) is 2. The molecule has 0 bridgehead atoms. The predicted octanol–water partition coefficient (Wildman–Crippen LogP) is 5.57. The number of halogens is 5. The number of alkyl halides is 3. The van der Waals surface area contributed by atoms with Gasteiger partial charge in [-0.15, -0.1) is 12.6 Å². The van der Waals surface area contributed by atoms with Gasteiger partial charge in [-0.25, -0.2) is 4.39 Å². The molecule has 0 saturated heterocycles. The molecule has 0 spiro atoms. The van der Waals surface area contributed by atoms with E-state index >= 15 is 0 Å². The lowest BCUT2D eigenvalue weighted by molar-refractivity contribution is -0.0328. The van der Waals surface area contributed by atoms with Crippen molar-refractivity contribution >= 4 is 36.0 Å². The van der Waals surface area contributed by atoms with Crippen LogP contribution in [0.4, 0.5) is 17.6 Å². The van der Waals surface area contributed by atoms with E-state index in [-0.39, 0.29) is 34.9 Å². The number of thioether (sulfide) groups is 1. The van der Waals surface area contributed by atoms with Gasteiger partial charge in [0.05, 0.1) is 11.6 Å². The molecule has 1 aromatic carbocycles. The second kappa shape index (κ2) is 8.24. The summed E-state index contributed by atoms with van der Waals surface area (Å²) < 4.78 is 54.2. The molecule has 20 heavy (non-hydrogen) atoms. The van der Waals surface area contributed by atoms with Gasteiger partial charge in [0.25, 0.3) is 0 Å².